The average Bonchev–Trinajstić information content (AvgIpc) is 3.42. The van der Waals surface area contributed by atoms with E-state index in [-0.39, 0.29) is 11.3 Å². The number of hydrogen-bond donors (Lipinski definition) is 2. The first-order valence-corrected chi connectivity index (χ1v) is 11.7. The summed E-state index contributed by atoms with van der Waals surface area (Å²) in [6.45, 7) is 0. The van der Waals surface area contributed by atoms with Crippen LogP contribution in [-0.4, -0.2) is 43.0 Å². The fourth-order valence-electron chi connectivity index (χ4n) is 4.59. The number of hydrogen-bond acceptors (Lipinski definition) is 5. The maximum Gasteiger partial charge on any atom is 0.300 e. The van der Waals surface area contributed by atoms with E-state index < -0.39 is 17.7 Å². The largest absolute Gasteiger partial charge is 0.507 e. The third kappa shape index (κ3) is 3.78. The SMILES string of the molecule is COc1ccc(N2C(=O)C(=O)/C(=C(\O)c3c[nH]c4ccccc34)C2c2ccc(N(C)C)cc2)cc1Cl. The molecule has 36 heavy (non-hydrogen) atoms. The first-order valence-electron chi connectivity index (χ1n) is 11.3. The van der Waals surface area contributed by atoms with Crippen LogP contribution >= 0.6 is 11.6 Å². The van der Waals surface area contributed by atoms with Crippen molar-refractivity contribution < 1.29 is 19.4 Å². The van der Waals surface area contributed by atoms with E-state index in [1.165, 1.54) is 12.0 Å². The van der Waals surface area contributed by atoms with Gasteiger partial charge in [-0.15, -0.1) is 0 Å². The Morgan fingerprint density at radius 2 is 1.78 bits per heavy atom. The van der Waals surface area contributed by atoms with Crippen molar-refractivity contribution in [3.8, 4) is 5.75 Å². The van der Waals surface area contributed by atoms with Gasteiger partial charge in [0.1, 0.15) is 11.5 Å². The van der Waals surface area contributed by atoms with Crippen molar-refractivity contribution in [2.24, 2.45) is 0 Å². The number of aliphatic hydroxyl groups excluding tert-OH is 1. The van der Waals surface area contributed by atoms with E-state index in [4.69, 9.17) is 16.3 Å². The Bertz CT molecular complexity index is 1520. The fourth-order valence-corrected chi connectivity index (χ4v) is 4.84. The van der Waals surface area contributed by atoms with Crippen LogP contribution in [0.4, 0.5) is 11.4 Å². The predicted octanol–water partition coefficient (Wildman–Crippen LogP) is 5.52. The Balaban J connectivity index is 1.73. The summed E-state index contributed by atoms with van der Waals surface area (Å²) in [6.07, 6.45) is 1.64. The van der Waals surface area contributed by atoms with Crippen molar-refractivity contribution in [1.82, 2.24) is 4.98 Å². The van der Waals surface area contributed by atoms with Gasteiger partial charge in [0.05, 0.1) is 23.7 Å². The van der Waals surface area contributed by atoms with Gasteiger partial charge in [-0.1, -0.05) is 41.9 Å². The summed E-state index contributed by atoms with van der Waals surface area (Å²) in [4.78, 5) is 33.3. The van der Waals surface area contributed by atoms with Crippen molar-refractivity contribution in [2.45, 2.75) is 6.04 Å². The number of nitrogens with one attached hydrogen (secondary N) is 1. The molecule has 1 atom stereocenters. The molecule has 2 N–H and O–H groups in total. The molecular formula is C28H24ClN3O4. The summed E-state index contributed by atoms with van der Waals surface area (Å²) < 4.78 is 5.25. The molecule has 0 radical (unpaired) electrons. The highest BCUT2D eigenvalue weighted by molar-refractivity contribution is 6.52. The van der Waals surface area contributed by atoms with Crippen LogP contribution in [0, 0.1) is 0 Å². The zero-order valence-corrected chi connectivity index (χ0v) is 20.7. The van der Waals surface area contributed by atoms with E-state index in [0.29, 0.717) is 27.6 Å². The van der Waals surface area contributed by atoms with Crippen LogP contribution in [0.1, 0.15) is 17.2 Å². The highest BCUT2D eigenvalue weighted by atomic mass is 35.5. The molecule has 0 spiro atoms. The molecule has 0 aliphatic carbocycles. The van der Waals surface area contributed by atoms with Crippen LogP contribution < -0.4 is 14.5 Å². The van der Waals surface area contributed by atoms with Crippen LogP contribution in [0.15, 0.2) is 78.5 Å². The molecule has 7 nitrogen and oxygen atoms in total. The van der Waals surface area contributed by atoms with E-state index >= 15 is 0 Å². The van der Waals surface area contributed by atoms with Crippen LogP contribution in [0.25, 0.3) is 16.7 Å². The van der Waals surface area contributed by atoms with Gasteiger partial charge < -0.3 is 19.7 Å². The number of aromatic amines is 1. The van der Waals surface area contributed by atoms with Gasteiger partial charge in [0, 0.05) is 48.1 Å². The van der Waals surface area contributed by atoms with Gasteiger partial charge in [-0.25, -0.2) is 0 Å². The number of anilines is 2. The van der Waals surface area contributed by atoms with Gasteiger partial charge in [-0.3, -0.25) is 14.5 Å². The third-order valence-corrected chi connectivity index (χ3v) is 6.72. The minimum atomic E-state index is -0.862. The molecule has 4 aromatic rings. The monoisotopic (exact) mass is 501 g/mol. The Hall–Kier alpha value is -4.23. The van der Waals surface area contributed by atoms with Crippen molar-refractivity contribution in [1.29, 1.82) is 0 Å². The number of carbonyl (C=O) groups is 2. The van der Waals surface area contributed by atoms with Crippen LogP contribution in [0.3, 0.4) is 0 Å². The molecule has 2 heterocycles. The lowest BCUT2D eigenvalue weighted by atomic mass is 9.94. The van der Waals surface area contributed by atoms with Gasteiger partial charge in [0.2, 0.25) is 0 Å². The van der Waals surface area contributed by atoms with E-state index in [1.54, 1.807) is 24.4 Å². The topological polar surface area (TPSA) is 85.9 Å². The molecule has 1 unspecified atom stereocenters. The molecule has 1 saturated heterocycles. The number of carbonyl (C=O) groups excluding carboxylic acids is 2. The number of para-hydroxylation sites is 1. The molecule has 1 aliphatic rings. The summed E-state index contributed by atoms with van der Waals surface area (Å²) in [5.41, 5.74) is 3.32. The molecular weight excluding hydrogens is 478 g/mol. The van der Waals surface area contributed by atoms with E-state index in [9.17, 15) is 14.7 Å². The van der Waals surface area contributed by atoms with Crippen molar-refractivity contribution in [2.75, 3.05) is 31.0 Å². The number of benzene rings is 3. The number of ether oxygens (including phenoxy) is 1. The van der Waals surface area contributed by atoms with Gasteiger partial charge >= 0.3 is 0 Å². The van der Waals surface area contributed by atoms with Crippen LogP contribution in [-0.2, 0) is 9.59 Å². The number of aliphatic hydroxyl groups is 1. The van der Waals surface area contributed by atoms with Gasteiger partial charge in [-0.2, -0.15) is 0 Å². The number of nitrogens with zero attached hydrogens (tertiary/aromatic N) is 2. The van der Waals surface area contributed by atoms with Crippen LogP contribution in [0.2, 0.25) is 5.02 Å². The Morgan fingerprint density at radius 1 is 1.06 bits per heavy atom. The second-order valence-corrected chi connectivity index (χ2v) is 9.13. The molecule has 1 aromatic heterocycles. The highest BCUT2D eigenvalue weighted by Crippen LogP contribution is 2.44. The first-order chi connectivity index (χ1) is 17.3. The van der Waals surface area contributed by atoms with Gasteiger partial charge in [0.25, 0.3) is 11.7 Å². The Labute approximate surface area is 213 Å². The molecule has 1 amide bonds. The smallest absolute Gasteiger partial charge is 0.300 e. The normalized spacial score (nSPS) is 17.1. The summed E-state index contributed by atoms with van der Waals surface area (Å²) in [5.74, 6) is -1.32. The molecule has 0 bridgehead atoms. The summed E-state index contributed by atoms with van der Waals surface area (Å²) >= 11 is 6.37. The number of amides is 1. The number of Topliss-reactive ketones (excluding diaryl/α,β-unsaturated/α-hetero) is 1. The standard InChI is InChI=1S/C28H24ClN3O4/c1-31(2)17-10-8-16(9-11-17)25-24(26(33)20-15-30-22-7-5-4-6-19(20)22)27(34)28(35)32(25)18-12-13-23(36-3)21(29)14-18/h4-15,25,30,33H,1-3H3/b26-24-. The predicted molar refractivity (Wildman–Crippen MR) is 142 cm³/mol. The average molecular weight is 502 g/mol. The van der Waals surface area contributed by atoms with Gasteiger partial charge in [0.15, 0.2) is 0 Å². The molecule has 8 heteroatoms. The minimum absolute atomic E-state index is 0.00861. The molecule has 1 fully saturated rings. The van der Waals surface area contributed by atoms with E-state index in [2.05, 4.69) is 4.98 Å². The lowest BCUT2D eigenvalue weighted by Gasteiger charge is -2.26. The number of aromatic nitrogens is 1. The van der Waals surface area contributed by atoms with E-state index in [0.717, 1.165) is 16.6 Å². The summed E-state index contributed by atoms with van der Waals surface area (Å²) in [7, 11) is 5.36. The van der Waals surface area contributed by atoms with Crippen LogP contribution in [0.5, 0.6) is 5.75 Å². The Kier molecular flexibility index (Phi) is 5.94. The zero-order chi connectivity index (χ0) is 25.6. The van der Waals surface area contributed by atoms with Crippen molar-refractivity contribution in [3.05, 3.63) is 94.6 Å². The second-order valence-electron chi connectivity index (χ2n) is 8.72. The Morgan fingerprint density at radius 3 is 2.44 bits per heavy atom. The molecule has 5 rings (SSSR count). The molecule has 3 aromatic carbocycles. The summed E-state index contributed by atoms with van der Waals surface area (Å²) in [6, 6.07) is 19.0. The number of H-pyrrole nitrogens is 1. The quantitative estimate of drug-likeness (QED) is 0.213. The lowest BCUT2D eigenvalue weighted by molar-refractivity contribution is -0.132. The second kappa shape index (κ2) is 9.09. The summed E-state index contributed by atoms with van der Waals surface area (Å²) in [5, 5.41) is 12.5. The number of rotatable bonds is 5. The maximum absolute atomic E-state index is 13.4. The minimum Gasteiger partial charge on any atom is -0.507 e. The molecule has 1 aliphatic heterocycles. The molecule has 0 saturated carbocycles. The van der Waals surface area contributed by atoms with Gasteiger partial charge in [-0.05, 0) is 42.0 Å². The zero-order valence-electron chi connectivity index (χ0n) is 19.9. The van der Waals surface area contributed by atoms with Crippen molar-refractivity contribution in [3.63, 3.8) is 0 Å². The van der Waals surface area contributed by atoms with E-state index in [1.807, 2.05) is 67.5 Å². The number of ketones is 1. The lowest BCUT2D eigenvalue weighted by Crippen LogP contribution is -2.29. The number of fused-ring (bicyclic) bond motifs is 1. The maximum atomic E-state index is 13.4. The van der Waals surface area contributed by atoms with Crippen molar-refractivity contribution >= 4 is 51.3 Å². The first kappa shape index (κ1) is 23.5. The fraction of sp³-hybridized carbons (Fsp3) is 0.143. The molecule has 182 valence electrons. The third-order valence-electron chi connectivity index (χ3n) is 6.43. The number of halogens is 1. The number of methoxy groups -OCH3 is 1. The highest BCUT2D eigenvalue weighted by Gasteiger charge is 2.47.